The van der Waals surface area contributed by atoms with Gasteiger partial charge in [0, 0.05) is 55.0 Å². The Morgan fingerprint density at radius 3 is 2.71 bits per heavy atom. The summed E-state index contributed by atoms with van der Waals surface area (Å²) >= 11 is 1.92. The number of fused-ring (bicyclic) bond motifs is 1. The minimum Gasteiger partial charge on any atom is -0.336 e. The van der Waals surface area contributed by atoms with Crippen molar-refractivity contribution in [1.29, 1.82) is 0 Å². The number of thioether (sulfide) groups is 1. The summed E-state index contributed by atoms with van der Waals surface area (Å²) in [5.41, 5.74) is 3.12. The quantitative estimate of drug-likeness (QED) is 0.619. The average Bonchev–Trinajstić information content (AvgIpc) is 3.06. The second-order valence-corrected chi connectivity index (χ2v) is 9.20. The lowest BCUT2D eigenvalue weighted by molar-refractivity contribution is 0.0763. The van der Waals surface area contributed by atoms with E-state index in [2.05, 4.69) is 37.4 Å². The van der Waals surface area contributed by atoms with Crippen LogP contribution < -0.4 is 0 Å². The maximum absolute atomic E-state index is 13.2. The molecule has 2 aliphatic rings. The zero-order valence-electron chi connectivity index (χ0n) is 17.7. The molecule has 1 aliphatic carbocycles. The molecule has 7 heteroatoms. The van der Waals surface area contributed by atoms with Crippen LogP contribution in [0.15, 0.2) is 12.7 Å². The molecule has 0 radical (unpaired) electrons. The fourth-order valence-electron chi connectivity index (χ4n) is 4.27. The van der Waals surface area contributed by atoms with Gasteiger partial charge in [0.1, 0.15) is 0 Å². The van der Waals surface area contributed by atoms with Gasteiger partial charge in [-0.1, -0.05) is 13.0 Å². The molecule has 1 aliphatic heterocycles. The van der Waals surface area contributed by atoms with E-state index < -0.39 is 0 Å². The normalized spacial score (nSPS) is 19.9. The Kier molecular flexibility index (Phi) is 7.60. The van der Waals surface area contributed by atoms with Crippen molar-refractivity contribution in [1.82, 2.24) is 24.5 Å². The summed E-state index contributed by atoms with van der Waals surface area (Å²) < 4.78 is 2.01. The molecule has 0 bridgehead atoms. The van der Waals surface area contributed by atoms with Crippen molar-refractivity contribution in [2.45, 2.75) is 38.8 Å². The zero-order chi connectivity index (χ0) is 20.1. The first-order chi connectivity index (χ1) is 13.5. The number of carbonyl (C=O) groups excluding carboxylic acids is 1. The summed E-state index contributed by atoms with van der Waals surface area (Å²) in [5.74, 6) is 2.17. The van der Waals surface area contributed by atoms with Crippen molar-refractivity contribution in [3.8, 4) is 0 Å². The maximum Gasteiger partial charge on any atom is 0.274 e. The third kappa shape index (κ3) is 4.81. The van der Waals surface area contributed by atoms with Crippen molar-refractivity contribution >= 4 is 17.7 Å². The average molecular weight is 406 g/mol. The van der Waals surface area contributed by atoms with Crippen LogP contribution in [0, 0.1) is 0 Å². The van der Waals surface area contributed by atoms with Crippen LogP contribution in [0.2, 0.25) is 0 Å². The van der Waals surface area contributed by atoms with E-state index in [9.17, 15) is 4.79 Å². The lowest BCUT2D eigenvalue weighted by Crippen LogP contribution is -2.43. The highest BCUT2D eigenvalue weighted by Gasteiger charge is 2.33. The number of aromatic nitrogens is 2. The lowest BCUT2D eigenvalue weighted by Gasteiger charge is -2.34. The van der Waals surface area contributed by atoms with Gasteiger partial charge in [0.15, 0.2) is 5.69 Å². The van der Waals surface area contributed by atoms with Crippen molar-refractivity contribution in [2.75, 3.05) is 58.3 Å². The smallest absolute Gasteiger partial charge is 0.274 e. The van der Waals surface area contributed by atoms with E-state index in [1.165, 1.54) is 11.3 Å². The van der Waals surface area contributed by atoms with Crippen LogP contribution in [0.3, 0.4) is 0 Å². The van der Waals surface area contributed by atoms with Crippen LogP contribution in [0.5, 0.6) is 0 Å². The molecule has 0 N–H and O–H groups in total. The largest absolute Gasteiger partial charge is 0.336 e. The predicted octanol–water partition coefficient (Wildman–Crippen LogP) is 2.00. The molecular formula is C21H35N5OS. The first-order valence-electron chi connectivity index (χ1n) is 10.5. The van der Waals surface area contributed by atoms with E-state index in [1.54, 1.807) is 0 Å². The summed E-state index contributed by atoms with van der Waals surface area (Å²) in [6.45, 7) is 11.6. The summed E-state index contributed by atoms with van der Waals surface area (Å²) in [7, 11) is 4.25. The van der Waals surface area contributed by atoms with E-state index >= 15 is 0 Å². The topological polar surface area (TPSA) is 44.6 Å². The molecule has 1 aromatic rings. The van der Waals surface area contributed by atoms with Crippen LogP contribution in [0.1, 0.15) is 35.1 Å². The van der Waals surface area contributed by atoms with Gasteiger partial charge in [-0.25, -0.2) is 0 Å². The molecule has 1 aromatic heterocycles. The van der Waals surface area contributed by atoms with E-state index in [0.29, 0.717) is 18.3 Å². The molecular weight excluding hydrogens is 370 g/mol. The monoisotopic (exact) mass is 405 g/mol. The Morgan fingerprint density at radius 1 is 1.32 bits per heavy atom. The predicted molar refractivity (Wildman–Crippen MR) is 117 cm³/mol. The molecule has 0 saturated carbocycles. The van der Waals surface area contributed by atoms with Gasteiger partial charge < -0.3 is 9.80 Å². The number of likely N-dealkylation sites (N-methyl/N-ethyl adjacent to an activating group) is 2. The van der Waals surface area contributed by atoms with E-state index in [4.69, 9.17) is 5.10 Å². The Hall–Kier alpha value is -1.31. The van der Waals surface area contributed by atoms with Crippen LogP contribution in [-0.4, -0.2) is 94.8 Å². The molecule has 0 unspecified atom stereocenters. The maximum atomic E-state index is 13.2. The molecule has 1 fully saturated rings. The van der Waals surface area contributed by atoms with Crippen LogP contribution in [-0.2, 0) is 19.4 Å². The Balaban J connectivity index is 1.83. The molecule has 156 valence electrons. The zero-order valence-corrected chi connectivity index (χ0v) is 18.5. The molecule has 6 nitrogen and oxygen atoms in total. The van der Waals surface area contributed by atoms with Crippen molar-refractivity contribution in [3.63, 3.8) is 0 Å². The minimum atomic E-state index is 0.122. The minimum absolute atomic E-state index is 0.122. The van der Waals surface area contributed by atoms with E-state index in [-0.39, 0.29) is 5.91 Å². The highest BCUT2D eigenvalue weighted by molar-refractivity contribution is 7.99. The van der Waals surface area contributed by atoms with Crippen LogP contribution >= 0.6 is 11.8 Å². The van der Waals surface area contributed by atoms with Gasteiger partial charge >= 0.3 is 0 Å². The standard InChI is InChI=1S/C21H35N5OS/c1-5-9-26-19-8-7-17(24(6-2)11-10-23(3)4)16-18(19)20(22-26)21(27)25-12-14-28-15-13-25/h5,17H,1,6-16H2,2-4H3/t17-/m0/s1. The third-order valence-electron chi connectivity index (χ3n) is 5.88. The lowest BCUT2D eigenvalue weighted by atomic mass is 9.90. The first-order valence-corrected chi connectivity index (χ1v) is 11.7. The Morgan fingerprint density at radius 2 is 2.07 bits per heavy atom. The molecule has 2 heterocycles. The van der Waals surface area contributed by atoms with Crippen LogP contribution in [0.25, 0.3) is 0 Å². The molecule has 1 amide bonds. The molecule has 28 heavy (non-hydrogen) atoms. The number of allylic oxidation sites excluding steroid dienone is 1. The van der Waals surface area contributed by atoms with Gasteiger partial charge in [-0.3, -0.25) is 14.4 Å². The number of carbonyl (C=O) groups is 1. The first kappa shape index (κ1) is 21.4. The van der Waals surface area contributed by atoms with Crippen molar-refractivity contribution < 1.29 is 4.79 Å². The third-order valence-corrected chi connectivity index (χ3v) is 6.82. The number of hydrogen-bond acceptors (Lipinski definition) is 5. The number of amides is 1. The molecule has 1 atom stereocenters. The number of rotatable bonds is 8. The Bertz CT molecular complexity index is 681. The molecule has 0 aromatic carbocycles. The van der Waals surface area contributed by atoms with Gasteiger partial charge in [0.05, 0.1) is 6.54 Å². The highest BCUT2D eigenvalue weighted by Crippen LogP contribution is 2.29. The second-order valence-electron chi connectivity index (χ2n) is 7.98. The van der Waals surface area contributed by atoms with Gasteiger partial charge in [-0.15, -0.1) is 6.58 Å². The van der Waals surface area contributed by atoms with E-state index in [0.717, 1.165) is 63.5 Å². The van der Waals surface area contributed by atoms with Gasteiger partial charge in [-0.2, -0.15) is 16.9 Å². The fourth-order valence-corrected chi connectivity index (χ4v) is 5.17. The van der Waals surface area contributed by atoms with Gasteiger partial charge in [0.2, 0.25) is 0 Å². The number of nitrogens with zero attached hydrogens (tertiary/aromatic N) is 5. The highest BCUT2D eigenvalue weighted by atomic mass is 32.2. The van der Waals surface area contributed by atoms with E-state index in [1.807, 2.05) is 27.4 Å². The number of hydrogen-bond donors (Lipinski definition) is 0. The molecule has 1 saturated heterocycles. The molecule has 0 spiro atoms. The summed E-state index contributed by atoms with van der Waals surface area (Å²) in [6, 6.07) is 0.488. The van der Waals surface area contributed by atoms with Crippen molar-refractivity contribution in [3.05, 3.63) is 29.6 Å². The van der Waals surface area contributed by atoms with Crippen molar-refractivity contribution in [2.24, 2.45) is 0 Å². The van der Waals surface area contributed by atoms with Gasteiger partial charge in [-0.05, 0) is 39.9 Å². The molecule has 3 rings (SSSR count). The second kappa shape index (κ2) is 9.94. The summed E-state index contributed by atoms with van der Waals surface area (Å²) in [4.78, 5) is 20.0. The van der Waals surface area contributed by atoms with Crippen LogP contribution in [0.4, 0.5) is 0 Å². The summed E-state index contributed by atoms with van der Waals surface area (Å²) in [6.07, 6.45) is 4.92. The van der Waals surface area contributed by atoms with Gasteiger partial charge in [0.25, 0.3) is 5.91 Å². The Labute approximate surface area is 173 Å². The fraction of sp³-hybridized carbons (Fsp3) is 0.714. The summed E-state index contributed by atoms with van der Waals surface area (Å²) in [5, 5.41) is 4.77. The SMILES string of the molecule is C=CCn1nc(C(=O)N2CCSCC2)c2c1CC[C@H](N(CC)CCN(C)C)C2.